The number of nitrogens with zero attached hydrogens (tertiary/aromatic N) is 1. The molecule has 0 atom stereocenters. The van der Waals surface area contributed by atoms with Crippen LogP contribution in [-0.2, 0) is 9.53 Å². The first-order valence-electron chi connectivity index (χ1n) is 7.55. The van der Waals surface area contributed by atoms with E-state index in [1.54, 1.807) is 18.2 Å². The van der Waals surface area contributed by atoms with Crippen LogP contribution in [0.3, 0.4) is 0 Å². The van der Waals surface area contributed by atoms with E-state index in [1.165, 1.54) is 6.26 Å². The maximum atomic E-state index is 11.9. The molecule has 23 heavy (non-hydrogen) atoms. The Hall–Kier alpha value is -2.82. The molecule has 1 aromatic heterocycles. The van der Waals surface area contributed by atoms with Crippen molar-refractivity contribution >= 4 is 17.9 Å². The lowest BCUT2D eigenvalue weighted by Gasteiger charge is -2.05. The van der Waals surface area contributed by atoms with E-state index in [0.29, 0.717) is 12.4 Å². The molecule has 2 aromatic rings. The van der Waals surface area contributed by atoms with Crippen molar-refractivity contribution in [3.8, 4) is 5.75 Å². The summed E-state index contributed by atoms with van der Waals surface area (Å²) >= 11 is 0. The smallest absolute Gasteiger partial charge is 0.363 e. The van der Waals surface area contributed by atoms with E-state index < -0.39 is 5.97 Å². The molecule has 0 N–H and O–H groups in total. The first-order chi connectivity index (χ1) is 11.3. The van der Waals surface area contributed by atoms with Gasteiger partial charge in [0.05, 0.1) is 12.9 Å². The average Bonchev–Trinajstić information content (AvgIpc) is 3.19. The van der Waals surface area contributed by atoms with E-state index in [9.17, 15) is 4.79 Å². The zero-order valence-corrected chi connectivity index (χ0v) is 12.8. The zero-order chi connectivity index (χ0) is 16.1. The number of ether oxygens (including phenoxy) is 2. The second-order valence-corrected chi connectivity index (χ2v) is 5.08. The Morgan fingerprint density at radius 3 is 2.74 bits per heavy atom. The summed E-state index contributed by atoms with van der Waals surface area (Å²) in [6.45, 7) is 2.81. The van der Waals surface area contributed by atoms with Gasteiger partial charge in [-0.05, 0) is 42.8 Å². The minimum absolute atomic E-state index is 0.221. The van der Waals surface area contributed by atoms with Crippen molar-refractivity contribution in [1.82, 2.24) is 0 Å². The molecule has 118 valence electrons. The molecule has 1 aliphatic heterocycles. The molecule has 0 unspecified atom stereocenters. The van der Waals surface area contributed by atoms with Gasteiger partial charge in [-0.25, -0.2) is 9.79 Å². The van der Waals surface area contributed by atoms with Gasteiger partial charge in [0, 0.05) is 11.6 Å². The molecule has 0 bridgehead atoms. The minimum atomic E-state index is -0.486. The maximum absolute atomic E-state index is 11.9. The van der Waals surface area contributed by atoms with E-state index in [1.807, 2.05) is 24.3 Å². The maximum Gasteiger partial charge on any atom is 0.363 e. The fourth-order valence-electron chi connectivity index (χ4n) is 2.07. The topological polar surface area (TPSA) is 61.0 Å². The van der Waals surface area contributed by atoms with Crippen molar-refractivity contribution in [2.75, 3.05) is 6.61 Å². The molecule has 0 saturated heterocycles. The third-order valence-electron chi connectivity index (χ3n) is 3.31. The molecule has 0 spiro atoms. The van der Waals surface area contributed by atoms with Crippen LogP contribution in [0.15, 0.2) is 57.8 Å². The number of benzene rings is 1. The molecule has 0 aliphatic carbocycles. The van der Waals surface area contributed by atoms with Gasteiger partial charge in [-0.3, -0.25) is 0 Å². The van der Waals surface area contributed by atoms with E-state index in [-0.39, 0.29) is 11.6 Å². The fourth-order valence-corrected chi connectivity index (χ4v) is 2.07. The predicted octanol–water partition coefficient (Wildman–Crippen LogP) is 3.80. The van der Waals surface area contributed by atoms with Crippen LogP contribution < -0.4 is 4.74 Å². The lowest BCUT2D eigenvalue weighted by Crippen LogP contribution is -2.05. The monoisotopic (exact) mass is 311 g/mol. The quantitative estimate of drug-likeness (QED) is 0.462. The number of aliphatic imine (C=N–C) groups is 1. The summed E-state index contributed by atoms with van der Waals surface area (Å²) in [6, 6.07) is 10.8. The van der Waals surface area contributed by atoms with Crippen LogP contribution in [0.2, 0.25) is 0 Å². The van der Waals surface area contributed by atoms with Gasteiger partial charge in [-0.1, -0.05) is 13.3 Å². The second-order valence-electron chi connectivity index (χ2n) is 5.08. The Kier molecular flexibility index (Phi) is 4.57. The number of esters is 1. The Labute approximate surface area is 134 Å². The third kappa shape index (κ3) is 3.69. The number of furan rings is 1. The van der Waals surface area contributed by atoms with Crippen LogP contribution in [0.4, 0.5) is 0 Å². The summed E-state index contributed by atoms with van der Waals surface area (Å²) in [6.07, 6.45) is 5.20. The normalized spacial score (nSPS) is 15.6. The fraction of sp³-hybridized carbons (Fsp3) is 0.222. The van der Waals surface area contributed by atoms with Crippen molar-refractivity contribution in [2.45, 2.75) is 19.8 Å². The molecule has 5 heteroatoms. The Morgan fingerprint density at radius 1 is 1.22 bits per heavy atom. The zero-order valence-electron chi connectivity index (χ0n) is 12.8. The van der Waals surface area contributed by atoms with E-state index in [0.717, 1.165) is 24.2 Å². The molecule has 5 nitrogen and oxygen atoms in total. The van der Waals surface area contributed by atoms with Gasteiger partial charge in [0.1, 0.15) is 11.5 Å². The summed E-state index contributed by atoms with van der Waals surface area (Å²) in [5.74, 6) is 1.15. The van der Waals surface area contributed by atoms with Gasteiger partial charge in [-0.15, -0.1) is 0 Å². The van der Waals surface area contributed by atoms with Crippen molar-refractivity contribution < 1.29 is 18.7 Å². The summed E-state index contributed by atoms with van der Waals surface area (Å²) in [5.41, 5.74) is 0.947. The highest BCUT2D eigenvalue weighted by atomic mass is 16.6. The molecule has 2 heterocycles. The highest BCUT2D eigenvalue weighted by Gasteiger charge is 2.24. The van der Waals surface area contributed by atoms with Gasteiger partial charge in [0.25, 0.3) is 0 Å². The molecule has 1 aliphatic rings. The Balaban J connectivity index is 1.73. The van der Waals surface area contributed by atoms with Crippen molar-refractivity contribution in [3.05, 3.63) is 59.7 Å². The van der Waals surface area contributed by atoms with Gasteiger partial charge < -0.3 is 13.9 Å². The third-order valence-corrected chi connectivity index (χ3v) is 3.31. The van der Waals surface area contributed by atoms with E-state index >= 15 is 0 Å². The predicted molar refractivity (Wildman–Crippen MR) is 86.2 cm³/mol. The standard InChI is InChI=1S/C18H17NO4/c1-2-3-10-21-14-8-6-13(7-9-14)17-19-16(18(20)23-17)12-15-5-4-11-22-15/h4-9,11-12H,2-3,10H2,1H3. The SMILES string of the molecule is CCCCOc1ccc(C2=NC(=Cc3ccco3)C(=O)O2)cc1. The summed E-state index contributed by atoms with van der Waals surface area (Å²) in [4.78, 5) is 16.1. The average molecular weight is 311 g/mol. The molecular weight excluding hydrogens is 294 g/mol. The Morgan fingerprint density at radius 2 is 2.04 bits per heavy atom. The summed E-state index contributed by atoms with van der Waals surface area (Å²) in [5, 5.41) is 0. The first kappa shape index (κ1) is 15.1. The number of carbonyl (C=O) groups excluding carboxylic acids is 1. The lowest BCUT2D eigenvalue weighted by molar-refractivity contribution is -0.129. The number of cyclic esters (lactones) is 1. The van der Waals surface area contributed by atoms with Crippen LogP contribution in [0.5, 0.6) is 5.75 Å². The van der Waals surface area contributed by atoms with E-state index in [4.69, 9.17) is 13.9 Å². The van der Waals surface area contributed by atoms with Crippen molar-refractivity contribution in [2.24, 2.45) is 4.99 Å². The van der Waals surface area contributed by atoms with Gasteiger partial charge in [-0.2, -0.15) is 0 Å². The number of carbonyl (C=O) groups is 1. The molecule has 3 rings (SSSR count). The van der Waals surface area contributed by atoms with Gasteiger partial charge in [0.15, 0.2) is 5.70 Å². The number of unbranched alkanes of at least 4 members (excludes halogenated alkanes) is 1. The van der Waals surface area contributed by atoms with Crippen LogP contribution in [0.1, 0.15) is 31.1 Å². The van der Waals surface area contributed by atoms with Crippen LogP contribution in [0, 0.1) is 0 Å². The Bertz CT molecular complexity index is 727. The van der Waals surface area contributed by atoms with Crippen LogP contribution in [-0.4, -0.2) is 18.5 Å². The van der Waals surface area contributed by atoms with Gasteiger partial charge >= 0.3 is 5.97 Å². The van der Waals surface area contributed by atoms with Crippen LogP contribution >= 0.6 is 0 Å². The molecule has 0 radical (unpaired) electrons. The molecular formula is C18H17NO4. The van der Waals surface area contributed by atoms with E-state index in [2.05, 4.69) is 11.9 Å². The molecule has 0 fully saturated rings. The minimum Gasteiger partial charge on any atom is -0.494 e. The van der Waals surface area contributed by atoms with Crippen molar-refractivity contribution in [1.29, 1.82) is 0 Å². The van der Waals surface area contributed by atoms with Gasteiger partial charge in [0.2, 0.25) is 5.90 Å². The second kappa shape index (κ2) is 6.96. The highest BCUT2D eigenvalue weighted by molar-refractivity contribution is 6.12. The number of rotatable bonds is 6. The largest absolute Gasteiger partial charge is 0.494 e. The molecule has 0 amide bonds. The number of hydrogen-bond acceptors (Lipinski definition) is 5. The summed E-state index contributed by atoms with van der Waals surface area (Å²) in [7, 11) is 0. The molecule has 1 aromatic carbocycles. The number of hydrogen-bond donors (Lipinski definition) is 0. The molecule has 0 saturated carbocycles. The van der Waals surface area contributed by atoms with Crippen molar-refractivity contribution in [3.63, 3.8) is 0 Å². The highest BCUT2D eigenvalue weighted by Crippen LogP contribution is 2.21. The van der Waals surface area contributed by atoms with Crippen LogP contribution in [0.25, 0.3) is 6.08 Å². The first-order valence-corrected chi connectivity index (χ1v) is 7.55. The summed E-state index contributed by atoms with van der Waals surface area (Å²) < 4.78 is 16.0. The lowest BCUT2D eigenvalue weighted by atomic mass is 10.2.